The Bertz CT molecular complexity index is 1110. The van der Waals surface area contributed by atoms with Gasteiger partial charge in [0.2, 0.25) is 11.7 Å². The van der Waals surface area contributed by atoms with Crippen LogP contribution in [0, 0.1) is 5.82 Å². The van der Waals surface area contributed by atoms with Crippen LogP contribution in [0.3, 0.4) is 0 Å². The third-order valence-electron chi connectivity index (χ3n) is 5.01. The molecule has 2 aromatic carbocycles. The maximum atomic E-state index is 14.0. The van der Waals surface area contributed by atoms with Gasteiger partial charge in [0.15, 0.2) is 0 Å². The molecule has 0 unspecified atom stereocenters. The summed E-state index contributed by atoms with van der Waals surface area (Å²) in [5.41, 5.74) is -0.0825. The van der Waals surface area contributed by atoms with Gasteiger partial charge in [0.05, 0.1) is 17.6 Å². The summed E-state index contributed by atoms with van der Waals surface area (Å²) in [5.74, 6) is -0.402. The molecular weight excluding hydrogens is 399 g/mol. The van der Waals surface area contributed by atoms with Crippen molar-refractivity contribution in [3.8, 4) is 16.9 Å². The molecule has 2 heterocycles. The van der Waals surface area contributed by atoms with Crippen LogP contribution in [-0.2, 0) is 4.74 Å². The van der Waals surface area contributed by atoms with E-state index in [9.17, 15) is 29.6 Å². The molecule has 1 saturated heterocycles. The van der Waals surface area contributed by atoms with Crippen LogP contribution in [0.5, 0.6) is 5.75 Å². The van der Waals surface area contributed by atoms with Crippen LogP contribution in [0.4, 0.5) is 4.39 Å². The van der Waals surface area contributed by atoms with E-state index in [0.717, 1.165) is 6.26 Å². The molecule has 0 bridgehead atoms. The van der Waals surface area contributed by atoms with Crippen LogP contribution in [0.2, 0.25) is 0 Å². The molecule has 0 saturated carbocycles. The lowest BCUT2D eigenvalue weighted by Crippen LogP contribution is -2.60. The Kier molecular flexibility index (Phi) is 5.54. The SMILES string of the molecule is O=c1c(-c2ccccc2F)coc2cc(O[C@@H]3O[C@H](CO)[C@H](O)[C@@H](O)[C@@H]3O)ccc12. The normalized spacial score (nSPS) is 26.6. The monoisotopic (exact) mass is 418 g/mol. The second kappa shape index (κ2) is 8.13. The third-order valence-corrected chi connectivity index (χ3v) is 5.01. The van der Waals surface area contributed by atoms with Crippen molar-refractivity contribution in [2.75, 3.05) is 6.61 Å². The topological polar surface area (TPSA) is 130 Å². The Morgan fingerprint density at radius 3 is 2.50 bits per heavy atom. The van der Waals surface area contributed by atoms with Gasteiger partial charge in [-0.3, -0.25) is 4.79 Å². The smallest absolute Gasteiger partial charge is 0.229 e. The highest BCUT2D eigenvalue weighted by Gasteiger charge is 2.44. The quantitative estimate of drug-likeness (QED) is 0.489. The lowest BCUT2D eigenvalue weighted by Gasteiger charge is -2.39. The lowest BCUT2D eigenvalue weighted by atomic mass is 9.99. The Hall–Kier alpha value is -2.82. The van der Waals surface area contributed by atoms with Gasteiger partial charge < -0.3 is 34.3 Å². The number of ether oxygens (including phenoxy) is 2. The van der Waals surface area contributed by atoms with E-state index in [-0.39, 0.29) is 27.8 Å². The molecule has 4 N–H and O–H groups in total. The number of fused-ring (bicyclic) bond motifs is 1. The van der Waals surface area contributed by atoms with Gasteiger partial charge >= 0.3 is 0 Å². The van der Waals surface area contributed by atoms with Gasteiger partial charge in [0.1, 0.15) is 47.8 Å². The molecule has 5 atom stereocenters. The average Bonchev–Trinajstić information content (AvgIpc) is 2.75. The minimum Gasteiger partial charge on any atom is -0.463 e. The summed E-state index contributed by atoms with van der Waals surface area (Å²) in [5, 5.41) is 39.2. The van der Waals surface area contributed by atoms with E-state index in [2.05, 4.69) is 0 Å². The average molecular weight is 418 g/mol. The van der Waals surface area contributed by atoms with Crippen LogP contribution in [0.15, 0.2) is 57.9 Å². The molecule has 0 radical (unpaired) electrons. The summed E-state index contributed by atoms with van der Waals surface area (Å²) in [4.78, 5) is 12.8. The first-order chi connectivity index (χ1) is 14.4. The van der Waals surface area contributed by atoms with Crippen molar-refractivity contribution in [3.63, 3.8) is 0 Å². The van der Waals surface area contributed by atoms with E-state index in [1.807, 2.05) is 0 Å². The zero-order valence-corrected chi connectivity index (χ0v) is 15.5. The fourth-order valence-electron chi connectivity index (χ4n) is 3.35. The summed E-state index contributed by atoms with van der Waals surface area (Å²) in [6.45, 7) is -0.587. The zero-order valence-electron chi connectivity index (χ0n) is 15.5. The molecule has 0 aliphatic carbocycles. The summed E-state index contributed by atoms with van der Waals surface area (Å²) < 4.78 is 30.4. The van der Waals surface area contributed by atoms with Crippen molar-refractivity contribution in [1.82, 2.24) is 0 Å². The molecular formula is C21H19FO8. The highest BCUT2D eigenvalue weighted by Crippen LogP contribution is 2.28. The molecule has 1 aliphatic heterocycles. The number of hydrogen-bond acceptors (Lipinski definition) is 8. The first kappa shape index (κ1) is 20.5. The third kappa shape index (κ3) is 3.57. The fraction of sp³-hybridized carbons (Fsp3) is 0.286. The molecule has 4 rings (SSSR count). The van der Waals surface area contributed by atoms with E-state index in [4.69, 9.17) is 13.9 Å². The Labute approximate surface area is 169 Å². The van der Waals surface area contributed by atoms with Gasteiger partial charge in [-0.1, -0.05) is 18.2 Å². The van der Waals surface area contributed by atoms with Gasteiger partial charge in [-0.15, -0.1) is 0 Å². The molecule has 0 spiro atoms. The molecule has 8 nitrogen and oxygen atoms in total. The fourth-order valence-corrected chi connectivity index (χ4v) is 3.35. The van der Waals surface area contributed by atoms with Crippen LogP contribution < -0.4 is 10.2 Å². The van der Waals surface area contributed by atoms with Crippen LogP contribution >= 0.6 is 0 Å². The molecule has 1 aromatic heterocycles. The molecule has 1 aliphatic rings. The van der Waals surface area contributed by atoms with Crippen molar-refractivity contribution >= 4 is 11.0 Å². The van der Waals surface area contributed by atoms with Crippen molar-refractivity contribution in [3.05, 3.63) is 64.8 Å². The summed E-state index contributed by atoms with van der Waals surface area (Å²) in [6, 6.07) is 10.1. The highest BCUT2D eigenvalue weighted by atomic mass is 19.1. The minimum absolute atomic E-state index is 0.0724. The van der Waals surface area contributed by atoms with E-state index < -0.39 is 48.6 Å². The first-order valence-electron chi connectivity index (χ1n) is 9.18. The number of aliphatic hydroxyl groups is 4. The van der Waals surface area contributed by atoms with E-state index >= 15 is 0 Å². The van der Waals surface area contributed by atoms with Gasteiger partial charge in [0, 0.05) is 11.6 Å². The molecule has 158 valence electrons. The maximum Gasteiger partial charge on any atom is 0.229 e. The van der Waals surface area contributed by atoms with Gasteiger partial charge in [0.25, 0.3) is 0 Å². The van der Waals surface area contributed by atoms with Crippen molar-refractivity contribution in [2.24, 2.45) is 0 Å². The van der Waals surface area contributed by atoms with Crippen LogP contribution in [0.1, 0.15) is 0 Å². The standard InChI is InChI=1S/C21H19FO8/c22-14-4-2-1-3-11(14)13-9-28-15-7-10(5-6-12(15)17(13)24)29-21-20(27)19(26)18(25)16(8-23)30-21/h1-7,9,16,18-21,23,25-27H,8H2/t16-,18+,19-,20+,21-/m1/s1. The first-order valence-corrected chi connectivity index (χ1v) is 9.18. The van der Waals surface area contributed by atoms with Gasteiger partial charge in [-0.2, -0.15) is 0 Å². The maximum absolute atomic E-state index is 14.0. The highest BCUT2D eigenvalue weighted by molar-refractivity contribution is 5.82. The van der Waals surface area contributed by atoms with E-state index in [1.54, 1.807) is 6.07 Å². The molecule has 9 heteroatoms. The van der Waals surface area contributed by atoms with E-state index in [1.165, 1.54) is 36.4 Å². The number of hydrogen-bond donors (Lipinski definition) is 4. The second-order valence-corrected chi connectivity index (χ2v) is 6.93. The Morgan fingerprint density at radius 2 is 1.77 bits per heavy atom. The van der Waals surface area contributed by atoms with E-state index in [0.29, 0.717) is 0 Å². The number of halogens is 1. The predicted molar refractivity (Wildman–Crippen MR) is 102 cm³/mol. The van der Waals surface area contributed by atoms with Crippen LogP contribution in [0.25, 0.3) is 22.1 Å². The van der Waals surface area contributed by atoms with Crippen molar-refractivity contribution < 1.29 is 38.7 Å². The van der Waals surface area contributed by atoms with Gasteiger partial charge in [-0.25, -0.2) is 4.39 Å². The van der Waals surface area contributed by atoms with Gasteiger partial charge in [-0.05, 0) is 18.2 Å². The molecule has 3 aromatic rings. The Balaban J connectivity index is 1.64. The summed E-state index contributed by atoms with van der Waals surface area (Å²) in [6.07, 6.45) is -5.99. The summed E-state index contributed by atoms with van der Waals surface area (Å²) >= 11 is 0. The number of rotatable bonds is 4. The van der Waals surface area contributed by atoms with Crippen molar-refractivity contribution in [2.45, 2.75) is 30.7 Å². The minimum atomic E-state index is -1.58. The lowest BCUT2D eigenvalue weighted by molar-refractivity contribution is -0.277. The second-order valence-electron chi connectivity index (χ2n) is 6.93. The number of aliphatic hydroxyl groups excluding tert-OH is 4. The Morgan fingerprint density at radius 1 is 1.00 bits per heavy atom. The molecule has 0 amide bonds. The van der Waals surface area contributed by atoms with Crippen LogP contribution in [-0.4, -0.2) is 57.7 Å². The largest absolute Gasteiger partial charge is 0.463 e. The molecule has 1 fully saturated rings. The molecule has 30 heavy (non-hydrogen) atoms. The predicted octanol–water partition coefficient (Wildman–Crippen LogP) is 0.778. The summed E-state index contributed by atoms with van der Waals surface area (Å²) in [7, 11) is 0. The zero-order chi connectivity index (χ0) is 21.4. The van der Waals surface area contributed by atoms with Crippen molar-refractivity contribution in [1.29, 1.82) is 0 Å². The number of benzene rings is 2.